The van der Waals surface area contributed by atoms with Crippen molar-refractivity contribution in [1.82, 2.24) is 5.43 Å². The summed E-state index contributed by atoms with van der Waals surface area (Å²) in [5.41, 5.74) is 2.49. The summed E-state index contributed by atoms with van der Waals surface area (Å²) < 4.78 is 5.42. The Morgan fingerprint density at radius 2 is 2.17 bits per heavy atom. The normalized spacial score (nSPS) is 22.2. The van der Waals surface area contributed by atoms with Crippen molar-refractivity contribution in [3.8, 4) is 11.5 Å². The lowest BCUT2D eigenvalue weighted by molar-refractivity contribution is -0.123. The van der Waals surface area contributed by atoms with Gasteiger partial charge in [-0.2, -0.15) is 0 Å². The number of ether oxygens (including phenoxy) is 1. The minimum atomic E-state index is -0.721. The first-order valence-corrected chi connectivity index (χ1v) is 5.30. The van der Waals surface area contributed by atoms with Gasteiger partial charge in [-0.05, 0) is 25.1 Å². The van der Waals surface area contributed by atoms with Crippen molar-refractivity contribution in [2.24, 2.45) is 10.8 Å². The molecule has 1 amide bonds. The lowest BCUT2D eigenvalue weighted by Gasteiger charge is -2.10. The van der Waals surface area contributed by atoms with Gasteiger partial charge in [0.2, 0.25) is 5.90 Å². The van der Waals surface area contributed by atoms with E-state index in [0.29, 0.717) is 5.56 Å². The summed E-state index contributed by atoms with van der Waals surface area (Å²) in [6.07, 6.45) is -0.445. The SMILES string of the molecule is CC1OC(c2ccc(O)c(O)c2)=NC1C(=O)NN. The molecule has 96 valence electrons. The molecule has 0 saturated carbocycles. The highest BCUT2D eigenvalue weighted by Gasteiger charge is 2.33. The maximum absolute atomic E-state index is 11.4. The summed E-state index contributed by atoms with van der Waals surface area (Å²) >= 11 is 0. The van der Waals surface area contributed by atoms with Crippen LogP contribution < -0.4 is 11.3 Å². The van der Waals surface area contributed by atoms with Gasteiger partial charge in [0.25, 0.3) is 5.91 Å². The first kappa shape index (κ1) is 12.2. The summed E-state index contributed by atoms with van der Waals surface area (Å²) in [6.45, 7) is 1.69. The Hall–Kier alpha value is -2.28. The third-order valence-electron chi connectivity index (χ3n) is 2.63. The molecule has 0 aromatic heterocycles. The van der Waals surface area contributed by atoms with Gasteiger partial charge in [-0.3, -0.25) is 10.2 Å². The van der Waals surface area contributed by atoms with Crippen LogP contribution in [-0.4, -0.2) is 34.2 Å². The zero-order valence-corrected chi connectivity index (χ0v) is 9.62. The molecule has 0 aliphatic carbocycles. The van der Waals surface area contributed by atoms with E-state index in [2.05, 4.69) is 4.99 Å². The topological polar surface area (TPSA) is 117 Å². The first-order valence-electron chi connectivity index (χ1n) is 5.30. The molecule has 0 saturated heterocycles. The lowest BCUT2D eigenvalue weighted by Crippen LogP contribution is -2.41. The number of phenolic OH excluding ortho intramolecular Hbond substituents is 2. The predicted octanol–water partition coefficient (Wildman–Crippen LogP) is -0.378. The Bertz CT molecular complexity index is 515. The van der Waals surface area contributed by atoms with Gasteiger partial charge in [0.15, 0.2) is 17.5 Å². The molecule has 2 unspecified atom stereocenters. The van der Waals surface area contributed by atoms with Crippen molar-refractivity contribution >= 4 is 11.8 Å². The third-order valence-corrected chi connectivity index (χ3v) is 2.63. The fraction of sp³-hybridized carbons (Fsp3) is 0.273. The average Bonchev–Trinajstić information content (AvgIpc) is 2.74. The second-order valence-electron chi connectivity index (χ2n) is 3.91. The van der Waals surface area contributed by atoms with Gasteiger partial charge >= 0.3 is 0 Å². The van der Waals surface area contributed by atoms with Gasteiger partial charge in [-0.15, -0.1) is 0 Å². The van der Waals surface area contributed by atoms with Crippen LogP contribution in [0.4, 0.5) is 0 Å². The zero-order chi connectivity index (χ0) is 13.3. The van der Waals surface area contributed by atoms with Crippen LogP contribution in [-0.2, 0) is 9.53 Å². The van der Waals surface area contributed by atoms with Crippen LogP contribution in [0.2, 0.25) is 0 Å². The van der Waals surface area contributed by atoms with Gasteiger partial charge in [0, 0.05) is 5.56 Å². The summed E-state index contributed by atoms with van der Waals surface area (Å²) in [5.74, 6) is 4.31. The Kier molecular flexibility index (Phi) is 3.07. The van der Waals surface area contributed by atoms with E-state index < -0.39 is 18.1 Å². The van der Waals surface area contributed by atoms with Crippen LogP contribution in [0.3, 0.4) is 0 Å². The summed E-state index contributed by atoms with van der Waals surface area (Å²) in [6, 6.07) is 3.44. The van der Waals surface area contributed by atoms with Gasteiger partial charge in [-0.1, -0.05) is 0 Å². The van der Waals surface area contributed by atoms with Crippen LogP contribution in [0, 0.1) is 0 Å². The van der Waals surface area contributed by atoms with Crippen LogP contribution >= 0.6 is 0 Å². The second-order valence-corrected chi connectivity index (χ2v) is 3.91. The van der Waals surface area contributed by atoms with Gasteiger partial charge in [0.05, 0.1) is 0 Å². The average molecular weight is 251 g/mol. The molecule has 5 N–H and O–H groups in total. The van der Waals surface area contributed by atoms with Crippen LogP contribution in [0.5, 0.6) is 11.5 Å². The first-order chi connectivity index (χ1) is 8.52. The molecule has 1 heterocycles. The maximum atomic E-state index is 11.4. The van der Waals surface area contributed by atoms with E-state index in [4.69, 9.17) is 10.6 Å². The van der Waals surface area contributed by atoms with Crippen molar-refractivity contribution in [3.05, 3.63) is 23.8 Å². The van der Waals surface area contributed by atoms with Gasteiger partial charge in [0.1, 0.15) is 6.10 Å². The molecule has 7 nitrogen and oxygen atoms in total. The van der Waals surface area contributed by atoms with Crippen molar-refractivity contribution in [1.29, 1.82) is 0 Å². The molecule has 1 aromatic rings. The van der Waals surface area contributed by atoms with Crippen molar-refractivity contribution in [3.63, 3.8) is 0 Å². The number of nitrogens with zero attached hydrogens (tertiary/aromatic N) is 1. The van der Waals surface area contributed by atoms with E-state index in [0.717, 1.165) is 0 Å². The number of carbonyl (C=O) groups is 1. The fourth-order valence-corrected chi connectivity index (χ4v) is 1.66. The number of aromatic hydroxyl groups is 2. The molecule has 0 fully saturated rings. The molecule has 7 heteroatoms. The maximum Gasteiger partial charge on any atom is 0.262 e. The van der Waals surface area contributed by atoms with Crippen molar-refractivity contribution in [2.75, 3.05) is 0 Å². The largest absolute Gasteiger partial charge is 0.504 e. The molecule has 2 rings (SSSR count). The van der Waals surface area contributed by atoms with Crippen LogP contribution in [0.1, 0.15) is 12.5 Å². The number of benzene rings is 1. The number of hydrazine groups is 1. The monoisotopic (exact) mass is 251 g/mol. The van der Waals surface area contributed by atoms with E-state index in [1.54, 1.807) is 6.92 Å². The quantitative estimate of drug-likeness (QED) is 0.247. The van der Waals surface area contributed by atoms with Crippen LogP contribution in [0.15, 0.2) is 23.2 Å². The zero-order valence-electron chi connectivity index (χ0n) is 9.62. The number of rotatable bonds is 2. The molecule has 18 heavy (non-hydrogen) atoms. The van der Waals surface area contributed by atoms with Gasteiger partial charge in [-0.25, -0.2) is 10.8 Å². The highest BCUT2D eigenvalue weighted by atomic mass is 16.5. The van der Waals surface area contributed by atoms with E-state index in [1.807, 2.05) is 5.43 Å². The minimum Gasteiger partial charge on any atom is -0.504 e. The second kappa shape index (κ2) is 4.53. The summed E-state index contributed by atoms with van der Waals surface area (Å²) in [4.78, 5) is 15.5. The number of hydrogen-bond donors (Lipinski definition) is 4. The highest BCUT2D eigenvalue weighted by Crippen LogP contribution is 2.27. The molecule has 0 spiro atoms. The van der Waals surface area contributed by atoms with E-state index in [-0.39, 0.29) is 17.4 Å². The van der Waals surface area contributed by atoms with E-state index >= 15 is 0 Å². The molecule has 2 atom stereocenters. The molecule has 0 radical (unpaired) electrons. The molecular weight excluding hydrogens is 238 g/mol. The number of hydrogen-bond acceptors (Lipinski definition) is 6. The number of nitrogens with two attached hydrogens (primary N) is 1. The predicted molar refractivity (Wildman–Crippen MR) is 63.0 cm³/mol. The smallest absolute Gasteiger partial charge is 0.262 e. The Morgan fingerprint density at radius 3 is 2.78 bits per heavy atom. The van der Waals surface area contributed by atoms with E-state index in [9.17, 15) is 15.0 Å². The number of nitrogens with one attached hydrogen (secondary N) is 1. The van der Waals surface area contributed by atoms with Crippen molar-refractivity contribution in [2.45, 2.75) is 19.1 Å². The van der Waals surface area contributed by atoms with Gasteiger partial charge < -0.3 is 14.9 Å². The Morgan fingerprint density at radius 1 is 1.44 bits per heavy atom. The number of carbonyl (C=O) groups excluding carboxylic acids is 1. The summed E-state index contributed by atoms with van der Waals surface area (Å²) in [7, 11) is 0. The van der Waals surface area contributed by atoms with Crippen LogP contribution in [0.25, 0.3) is 0 Å². The highest BCUT2D eigenvalue weighted by molar-refractivity contribution is 5.99. The molecule has 1 aliphatic heterocycles. The number of phenols is 2. The fourth-order valence-electron chi connectivity index (χ4n) is 1.66. The standard InChI is InChI=1S/C11H13N3O4/c1-5-9(10(17)14-12)13-11(18-5)6-2-3-7(15)8(16)4-6/h2-5,9,15-16H,12H2,1H3,(H,14,17). The van der Waals surface area contributed by atoms with E-state index in [1.165, 1.54) is 18.2 Å². The Labute approximate surface area is 103 Å². The Balaban J connectivity index is 2.29. The minimum absolute atomic E-state index is 0.228. The molecule has 1 aliphatic rings. The number of aliphatic imine (C=N–C) groups is 1. The van der Waals surface area contributed by atoms with Crippen molar-refractivity contribution < 1.29 is 19.7 Å². The molecule has 1 aromatic carbocycles. The lowest BCUT2D eigenvalue weighted by atomic mass is 10.2. The third kappa shape index (κ3) is 2.07. The molecule has 0 bridgehead atoms. The molecular formula is C11H13N3O4. The number of amides is 1. The summed E-state index contributed by atoms with van der Waals surface area (Å²) in [5, 5.41) is 18.6.